The molecule has 0 spiro atoms. The number of hydrogen-bond donors (Lipinski definition) is 1. The van der Waals surface area contributed by atoms with Gasteiger partial charge < -0.3 is 15.0 Å². The first kappa shape index (κ1) is 15.9. The van der Waals surface area contributed by atoms with E-state index in [1.54, 1.807) is 7.11 Å². The molecule has 108 valence electrons. The molecule has 19 heavy (non-hydrogen) atoms. The van der Waals surface area contributed by atoms with Crippen LogP contribution in [0.4, 0.5) is 5.69 Å². The summed E-state index contributed by atoms with van der Waals surface area (Å²) in [6.07, 6.45) is 3.81. The van der Waals surface area contributed by atoms with Crippen LogP contribution >= 0.6 is 0 Å². The van der Waals surface area contributed by atoms with Crippen molar-refractivity contribution < 1.29 is 4.74 Å². The third-order valence-corrected chi connectivity index (χ3v) is 3.18. The summed E-state index contributed by atoms with van der Waals surface area (Å²) >= 11 is 0. The minimum absolute atomic E-state index is 0.344. The molecule has 0 aliphatic carbocycles. The van der Waals surface area contributed by atoms with Crippen molar-refractivity contribution in [1.29, 1.82) is 0 Å². The van der Waals surface area contributed by atoms with E-state index in [9.17, 15) is 0 Å². The van der Waals surface area contributed by atoms with Gasteiger partial charge >= 0.3 is 0 Å². The molecule has 1 aromatic rings. The van der Waals surface area contributed by atoms with Gasteiger partial charge in [0.1, 0.15) is 0 Å². The van der Waals surface area contributed by atoms with Crippen molar-refractivity contribution in [3.8, 4) is 0 Å². The van der Waals surface area contributed by atoms with Gasteiger partial charge in [0.05, 0.1) is 18.5 Å². The molecule has 1 aromatic heterocycles. The molecule has 0 fully saturated rings. The van der Waals surface area contributed by atoms with Crippen LogP contribution in [0.3, 0.4) is 0 Å². The van der Waals surface area contributed by atoms with Crippen LogP contribution in [0.2, 0.25) is 0 Å². The quantitative estimate of drug-likeness (QED) is 0.783. The number of pyridine rings is 1. The fraction of sp³-hybridized carbons (Fsp3) is 0.667. The van der Waals surface area contributed by atoms with Gasteiger partial charge in [0.25, 0.3) is 0 Å². The molecule has 1 N–H and O–H groups in total. The van der Waals surface area contributed by atoms with Crippen LogP contribution in [0.5, 0.6) is 0 Å². The van der Waals surface area contributed by atoms with Crippen molar-refractivity contribution in [1.82, 2.24) is 10.3 Å². The number of likely N-dealkylation sites (N-methyl/N-ethyl adjacent to an activating group) is 1. The monoisotopic (exact) mass is 265 g/mol. The third-order valence-electron chi connectivity index (χ3n) is 3.18. The normalized spacial score (nSPS) is 12.7. The highest BCUT2D eigenvalue weighted by Gasteiger charge is 2.16. The fourth-order valence-corrected chi connectivity index (χ4v) is 2.19. The lowest BCUT2D eigenvalue weighted by molar-refractivity contribution is 0.182. The van der Waals surface area contributed by atoms with Crippen LogP contribution in [0.15, 0.2) is 18.5 Å². The minimum atomic E-state index is 0.344. The van der Waals surface area contributed by atoms with Gasteiger partial charge in [0.15, 0.2) is 0 Å². The van der Waals surface area contributed by atoms with Gasteiger partial charge in [0, 0.05) is 38.5 Å². The van der Waals surface area contributed by atoms with Gasteiger partial charge in [-0.15, -0.1) is 0 Å². The van der Waals surface area contributed by atoms with Gasteiger partial charge in [-0.2, -0.15) is 0 Å². The van der Waals surface area contributed by atoms with Crippen LogP contribution in [0.1, 0.15) is 33.3 Å². The minimum Gasteiger partial charge on any atom is -0.383 e. The van der Waals surface area contributed by atoms with E-state index < -0.39 is 0 Å². The summed E-state index contributed by atoms with van der Waals surface area (Å²) < 4.78 is 5.27. The third kappa shape index (κ3) is 4.80. The maximum Gasteiger partial charge on any atom is 0.0663 e. The number of nitrogens with zero attached hydrogens (tertiary/aromatic N) is 2. The summed E-state index contributed by atoms with van der Waals surface area (Å²) in [5.41, 5.74) is 2.48. The molecule has 1 rings (SSSR count). The van der Waals surface area contributed by atoms with E-state index in [1.165, 1.54) is 11.3 Å². The second kappa shape index (κ2) is 8.12. The molecule has 0 amide bonds. The highest BCUT2D eigenvalue weighted by molar-refractivity contribution is 5.52. The van der Waals surface area contributed by atoms with Crippen molar-refractivity contribution in [2.45, 2.75) is 46.3 Å². The van der Waals surface area contributed by atoms with E-state index in [2.05, 4.69) is 49.0 Å². The molecule has 1 heterocycles. The summed E-state index contributed by atoms with van der Waals surface area (Å²) in [7, 11) is 1.74. The number of hydrogen-bond acceptors (Lipinski definition) is 4. The zero-order chi connectivity index (χ0) is 14.3. The van der Waals surface area contributed by atoms with E-state index in [0.717, 1.165) is 19.7 Å². The second-order valence-corrected chi connectivity index (χ2v) is 5.13. The molecule has 0 aliphatic heterocycles. The highest BCUT2D eigenvalue weighted by atomic mass is 16.5. The topological polar surface area (TPSA) is 37.4 Å². The van der Waals surface area contributed by atoms with Gasteiger partial charge in [0.2, 0.25) is 0 Å². The van der Waals surface area contributed by atoms with Crippen molar-refractivity contribution in [3.63, 3.8) is 0 Å². The molecule has 0 aliphatic rings. The van der Waals surface area contributed by atoms with Gasteiger partial charge in [-0.05, 0) is 25.5 Å². The average Bonchev–Trinajstić information content (AvgIpc) is 2.38. The Bertz CT molecular complexity index is 368. The molecule has 0 saturated carbocycles. The van der Waals surface area contributed by atoms with Crippen LogP contribution in [-0.2, 0) is 11.3 Å². The van der Waals surface area contributed by atoms with Crippen LogP contribution < -0.4 is 10.2 Å². The smallest absolute Gasteiger partial charge is 0.0663 e. The highest BCUT2D eigenvalue weighted by Crippen LogP contribution is 2.21. The largest absolute Gasteiger partial charge is 0.383 e. The van der Waals surface area contributed by atoms with Crippen LogP contribution in [0, 0.1) is 0 Å². The Balaban J connectivity index is 2.89. The first-order chi connectivity index (χ1) is 9.10. The summed E-state index contributed by atoms with van der Waals surface area (Å²) in [5, 5.41) is 3.47. The van der Waals surface area contributed by atoms with Crippen LogP contribution in [-0.4, -0.2) is 37.3 Å². The van der Waals surface area contributed by atoms with E-state index >= 15 is 0 Å². The Morgan fingerprint density at radius 2 is 2.11 bits per heavy atom. The first-order valence-electron chi connectivity index (χ1n) is 7.02. The lowest BCUT2D eigenvalue weighted by Crippen LogP contribution is -2.37. The predicted octanol–water partition coefficient (Wildman–Crippen LogP) is 2.44. The van der Waals surface area contributed by atoms with Gasteiger partial charge in [-0.25, -0.2) is 0 Å². The van der Waals surface area contributed by atoms with Crippen molar-refractivity contribution in [2.24, 2.45) is 0 Å². The van der Waals surface area contributed by atoms with E-state index in [0.29, 0.717) is 12.1 Å². The molecule has 0 saturated heterocycles. The zero-order valence-electron chi connectivity index (χ0n) is 12.8. The number of nitrogens with one attached hydrogen (secondary N) is 1. The summed E-state index contributed by atoms with van der Waals surface area (Å²) in [4.78, 5) is 6.61. The van der Waals surface area contributed by atoms with E-state index in [4.69, 9.17) is 4.74 Å². The van der Waals surface area contributed by atoms with Crippen molar-refractivity contribution in [3.05, 3.63) is 24.0 Å². The number of aromatic nitrogens is 1. The van der Waals surface area contributed by atoms with E-state index in [-0.39, 0.29) is 0 Å². The molecule has 1 atom stereocenters. The van der Waals surface area contributed by atoms with Crippen molar-refractivity contribution >= 4 is 5.69 Å². The molecule has 4 nitrogen and oxygen atoms in total. The van der Waals surface area contributed by atoms with E-state index in [1.807, 2.05) is 12.4 Å². The lowest BCUT2D eigenvalue weighted by atomic mass is 10.1. The molecule has 0 radical (unpaired) electrons. The molecule has 1 unspecified atom stereocenters. The molecular formula is C15H27N3O. The Morgan fingerprint density at radius 3 is 2.68 bits per heavy atom. The average molecular weight is 265 g/mol. The number of anilines is 1. The predicted molar refractivity (Wildman–Crippen MR) is 80.6 cm³/mol. The Kier molecular flexibility index (Phi) is 6.81. The fourth-order valence-electron chi connectivity index (χ4n) is 2.19. The number of ether oxygens (including phenoxy) is 1. The Hall–Kier alpha value is -1.13. The molecular weight excluding hydrogens is 238 g/mol. The SMILES string of the molecule is CCN(c1cnccc1CNC(C)C)C(C)COC. The van der Waals surface area contributed by atoms with Gasteiger partial charge in [-0.1, -0.05) is 13.8 Å². The summed E-state index contributed by atoms with van der Waals surface area (Å²) in [6.45, 7) is 11.2. The molecule has 0 aromatic carbocycles. The number of rotatable bonds is 8. The summed E-state index contributed by atoms with van der Waals surface area (Å²) in [5.74, 6) is 0. The zero-order valence-corrected chi connectivity index (χ0v) is 12.8. The maximum absolute atomic E-state index is 5.27. The number of methoxy groups -OCH3 is 1. The standard InChI is InChI=1S/C15H27N3O/c1-6-18(13(4)11-19-5)15-10-16-8-7-14(15)9-17-12(2)3/h7-8,10,12-13,17H,6,9,11H2,1-5H3. The molecule has 4 heteroatoms. The Labute approximate surface area is 117 Å². The van der Waals surface area contributed by atoms with Crippen LogP contribution in [0.25, 0.3) is 0 Å². The Morgan fingerprint density at radius 1 is 1.37 bits per heavy atom. The summed E-state index contributed by atoms with van der Waals surface area (Å²) in [6, 6.07) is 2.91. The second-order valence-electron chi connectivity index (χ2n) is 5.13. The van der Waals surface area contributed by atoms with Crippen molar-refractivity contribution in [2.75, 3.05) is 25.2 Å². The first-order valence-corrected chi connectivity index (χ1v) is 7.02. The molecule has 0 bridgehead atoms. The van der Waals surface area contributed by atoms with Gasteiger partial charge in [-0.3, -0.25) is 4.98 Å². The lowest BCUT2D eigenvalue weighted by Gasteiger charge is -2.31. The maximum atomic E-state index is 5.27.